The number of hydrogen-bond acceptors (Lipinski definition) is 5. The predicted octanol–water partition coefficient (Wildman–Crippen LogP) is 0.288. The van der Waals surface area contributed by atoms with Crippen molar-refractivity contribution in [3.8, 4) is 0 Å². The van der Waals surface area contributed by atoms with E-state index in [0.717, 1.165) is 6.54 Å². The van der Waals surface area contributed by atoms with Crippen LogP contribution < -0.4 is 5.32 Å². The zero-order chi connectivity index (χ0) is 17.7. The highest BCUT2D eigenvalue weighted by atomic mass is 32.2. The van der Waals surface area contributed by atoms with E-state index in [1.165, 1.54) is 4.31 Å². The van der Waals surface area contributed by atoms with Crippen LogP contribution in [0.4, 0.5) is 0 Å². The third-order valence-electron chi connectivity index (χ3n) is 4.61. The Morgan fingerprint density at radius 2 is 1.96 bits per heavy atom. The largest absolute Gasteiger partial charge is 0.378 e. The lowest BCUT2D eigenvalue weighted by molar-refractivity contribution is -0.132. The summed E-state index contributed by atoms with van der Waals surface area (Å²) in [6, 6.07) is 8.51. The van der Waals surface area contributed by atoms with Crippen LogP contribution in [0.5, 0.6) is 0 Å². The molecule has 1 aromatic rings. The molecule has 0 spiro atoms. The van der Waals surface area contributed by atoms with Gasteiger partial charge in [-0.15, -0.1) is 0 Å². The molecule has 1 amide bonds. The Kier molecular flexibility index (Phi) is 6.06. The van der Waals surface area contributed by atoms with Gasteiger partial charge in [0.1, 0.15) is 0 Å². The minimum Gasteiger partial charge on any atom is -0.378 e. The molecule has 2 aliphatic rings. The zero-order valence-electron chi connectivity index (χ0n) is 14.3. The first-order valence-corrected chi connectivity index (χ1v) is 10.2. The van der Waals surface area contributed by atoms with E-state index in [0.29, 0.717) is 57.1 Å². The van der Waals surface area contributed by atoms with Crippen LogP contribution in [-0.2, 0) is 19.6 Å². The first kappa shape index (κ1) is 18.3. The van der Waals surface area contributed by atoms with Crippen LogP contribution >= 0.6 is 0 Å². The summed E-state index contributed by atoms with van der Waals surface area (Å²) < 4.78 is 32.3. The molecule has 2 saturated heterocycles. The molecule has 8 heteroatoms. The lowest BCUT2D eigenvalue weighted by Crippen LogP contribution is -2.45. The summed E-state index contributed by atoms with van der Waals surface area (Å²) in [5.41, 5.74) is 0. The zero-order valence-corrected chi connectivity index (χ0v) is 15.1. The molecule has 2 heterocycles. The quantitative estimate of drug-likeness (QED) is 0.827. The second-order valence-corrected chi connectivity index (χ2v) is 8.32. The third kappa shape index (κ3) is 4.58. The maximum absolute atomic E-state index is 12.7. The summed E-state index contributed by atoms with van der Waals surface area (Å²) in [6.45, 7) is 3.78. The molecule has 0 aromatic heterocycles. The molecule has 3 rings (SSSR count). The minimum atomic E-state index is -3.50. The SMILES string of the molecule is O=C(CC1COCCN1)N1CCCN(S(=O)(=O)c2ccccc2)CC1. The maximum atomic E-state index is 12.7. The smallest absolute Gasteiger partial charge is 0.243 e. The van der Waals surface area contributed by atoms with Crippen molar-refractivity contribution in [2.45, 2.75) is 23.8 Å². The monoisotopic (exact) mass is 367 g/mol. The van der Waals surface area contributed by atoms with Crippen LogP contribution in [-0.4, -0.2) is 75.5 Å². The first-order valence-electron chi connectivity index (χ1n) is 8.71. The average Bonchev–Trinajstić information content (AvgIpc) is 2.90. The van der Waals surface area contributed by atoms with Crippen molar-refractivity contribution in [1.29, 1.82) is 0 Å². The number of nitrogens with one attached hydrogen (secondary N) is 1. The van der Waals surface area contributed by atoms with Gasteiger partial charge in [-0.25, -0.2) is 8.42 Å². The fourth-order valence-electron chi connectivity index (χ4n) is 3.22. The normalized spacial score (nSPS) is 23.2. The van der Waals surface area contributed by atoms with Crippen molar-refractivity contribution in [2.75, 3.05) is 45.9 Å². The Morgan fingerprint density at radius 3 is 2.68 bits per heavy atom. The fraction of sp³-hybridized carbons (Fsp3) is 0.588. The van der Waals surface area contributed by atoms with E-state index in [1.54, 1.807) is 35.2 Å². The third-order valence-corrected chi connectivity index (χ3v) is 6.52. The number of carbonyl (C=O) groups is 1. The van der Waals surface area contributed by atoms with Gasteiger partial charge in [-0.05, 0) is 18.6 Å². The van der Waals surface area contributed by atoms with Gasteiger partial charge in [-0.1, -0.05) is 18.2 Å². The van der Waals surface area contributed by atoms with Gasteiger partial charge in [-0.3, -0.25) is 4.79 Å². The van der Waals surface area contributed by atoms with Crippen LogP contribution in [0.1, 0.15) is 12.8 Å². The number of carbonyl (C=O) groups excluding carboxylic acids is 1. The van der Waals surface area contributed by atoms with Crippen molar-refractivity contribution in [3.05, 3.63) is 30.3 Å². The summed E-state index contributed by atoms with van der Waals surface area (Å²) in [4.78, 5) is 14.6. The van der Waals surface area contributed by atoms with Crippen molar-refractivity contribution in [3.63, 3.8) is 0 Å². The van der Waals surface area contributed by atoms with Crippen LogP contribution in [0.3, 0.4) is 0 Å². The van der Waals surface area contributed by atoms with Crippen LogP contribution in [0.2, 0.25) is 0 Å². The summed E-state index contributed by atoms with van der Waals surface area (Å²) in [5.74, 6) is 0.0574. The molecule has 1 aromatic carbocycles. The Morgan fingerprint density at radius 1 is 1.16 bits per heavy atom. The lowest BCUT2D eigenvalue weighted by atomic mass is 10.1. The Labute approximate surface area is 149 Å². The number of morpholine rings is 1. The number of benzene rings is 1. The molecule has 0 bridgehead atoms. The second kappa shape index (κ2) is 8.27. The molecule has 0 radical (unpaired) electrons. The summed E-state index contributed by atoms with van der Waals surface area (Å²) >= 11 is 0. The van der Waals surface area contributed by atoms with E-state index in [1.807, 2.05) is 0 Å². The van der Waals surface area contributed by atoms with Gasteiger partial charge < -0.3 is 15.0 Å². The number of ether oxygens (including phenoxy) is 1. The standard InChI is InChI=1S/C17H25N3O4S/c21-17(13-15-14-24-12-7-18-15)19-8-4-9-20(11-10-19)25(22,23)16-5-2-1-3-6-16/h1-3,5-6,15,18H,4,7-14H2. The lowest BCUT2D eigenvalue weighted by Gasteiger charge is -2.27. The highest BCUT2D eigenvalue weighted by Gasteiger charge is 2.29. The molecule has 0 aliphatic carbocycles. The number of sulfonamides is 1. The highest BCUT2D eigenvalue weighted by molar-refractivity contribution is 7.89. The topological polar surface area (TPSA) is 79.0 Å². The molecule has 1 N–H and O–H groups in total. The minimum absolute atomic E-state index is 0.0497. The second-order valence-electron chi connectivity index (χ2n) is 6.38. The average molecular weight is 367 g/mol. The van der Waals surface area contributed by atoms with Crippen LogP contribution in [0, 0.1) is 0 Å². The van der Waals surface area contributed by atoms with Gasteiger partial charge in [0.05, 0.1) is 18.1 Å². The van der Waals surface area contributed by atoms with E-state index in [9.17, 15) is 13.2 Å². The maximum Gasteiger partial charge on any atom is 0.243 e. The van der Waals surface area contributed by atoms with Crippen LogP contribution in [0.25, 0.3) is 0 Å². The van der Waals surface area contributed by atoms with Gasteiger partial charge in [0.15, 0.2) is 0 Å². The number of nitrogens with zero attached hydrogens (tertiary/aromatic N) is 2. The molecule has 1 atom stereocenters. The molecule has 0 saturated carbocycles. The van der Waals surface area contributed by atoms with Gasteiger partial charge in [0.25, 0.3) is 0 Å². The summed E-state index contributed by atoms with van der Waals surface area (Å²) in [5, 5.41) is 3.28. The Balaban J connectivity index is 1.59. The molecule has 1 unspecified atom stereocenters. The molecule has 7 nitrogen and oxygen atoms in total. The fourth-order valence-corrected chi connectivity index (χ4v) is 4.71. The van der Waals surface area contributed by atoms with Gasteiger partial charge in [0, 0.05) is 45.2 Å². The number of rotatable bonds is 4. The summed E-state index contributed by atoms with van der Waals surface area (Å²) in [7, 11) is -3.50. The van der Waals surface area contributed by atoms with Gasteiger partial charge in [-0.2, -0.15) is 4.31 Å². The van der Waals surface area contributed by atoms with Crippen molar-refractivity contribution in [1.82, 2.24) is 14.5 Å². The molecular weight excluding hydrogens is 342 g/mol. The van der Waals surface area contributed by atoms with E-state index < -0.39 is 10.0 Å². The molecule has 25 heavy (non-hydrogen) atoms. The Bertz CT molecular complexity index is 674. The predicted molar refractivity (Wildman–Crippen MR) is 93.6 cm³/mol. The van der Waals surface area contributed by atoms with Gasteiger partial charge in [0.2, 0.25) is 15.9 Å². The van der Waals surface area contributed by atoms with E-state index >= 15 is 0 Å². The van der Waals surface area contributed by atoms with E-state index in [4.69, 9.17) is 4.74 Å². The number of hydrogen-bond donors (Lipinski definition) is 1. The first-order chi connectivity index (χ1) is 12.1. The highest BCUT2D eigenvalue weighted by Crippen LogP contribution is 2.18. The molecule has 2 fully saturated rings. The molecule has 2 aliphatic heterocycles. The summed E-state index contributed by atoms with van der Waals surface area (Å²) in [6.07, 6.45) is 1.04. The molecule has 138 valence electrons. The molecular formula is C17H25N3O4S. The van der Waals surface area contributed by atoms with Crippen molar-refractivity contribution < 1.29 is 17.9 Å². The van der Waals surface area contributed by atoms with Gasteiger partial charge >= 0.3 is 0 Å². The van der Waals surface area contributed by atoms with Crippen molar-refractivity contribution in [2.24, 2.45) is 0 Å². The van der Waals surface area contributed by atoms with Crippen LogP contribution in [0.15, 0.2) is 35.2 Å². The number of amides is 1. The Hall–Kier alpha value is -1.48. The van der Waals surface area contributed by atoms with E-state index in [2.05, 4.69) is 5.32 Å². The van der Waals surface area contributed by atoms with E-state index in [-0.39, 0.29) is 11.9 Å². The van der Waals surface area contributed by atoms with Crippen molar-refractivity contribution >= 4 is 15.9 Å².